The van der Waals surface area contributed by atoms with Crippen molar-refractivity contribution >= 4 is 17.9 Å². The molecule has 0 aromatic carbocycles. The Bertz CT molecular complexity index is 1930. The fraction of sp³-hybridized carbons (Fsp3) is 0.756. The Hall–Kier alpha value is -4.05. The average molecular weight is 1330 g/mol. The van der Waals surface area contributed by atoms with E-state index in [-0.39, 0.29) is 32.2 Å². The van der Waals surface area contributed by atoms with E-state index < -0.39 is 24.3 Å². The number of unbranched alkanes of at least 4 members (excludes halogenated alkanes) is 41. The molecule has 0 rings (SSSR count). The van der Waals surface area contributed by atoms with Crippen molar-refractivity contribution in [2.45, 2.75) is 373 Å². The minimum absolute atomic E-state index is 0.146. The molecule has 9 heteroatoms. The van der Waals surface area contributed by atoms with Crippen LogP contribution in [0, 0.1) is 0 Å². The molecule has 0 amide bonds. The number of carboxylic acid groups (broad SMARTS) is 1. The maximum absolute atomic E-state index is 13.0. The van der Waals surface area contributed by atoms with E-state index in [0.717, 1.165) is 89.9 Å². The summed E-state index contributed by atoms with van der Waals surface area (Å²) in [5.74, 6) is -2.27. The highest BCUT2D eigenvalue weighted by atomic mass is 16.7. The van der Waals surface area contributed by atoms with Gasteiger partial charge < -0.3 is 33.3 Å². The number of rotatable bonds is 74. The number of esters is 2. The number of hydrogen-bond donors (Lipinski definition) is 0. The van der Waals surface area contributed by atoms with Gasteiger partial charge in [-0.1, -0.05) is 354 Å². The second-order valence-corrected chi connectivity index (χ2v) is 28.0. The Labute approximate surface area is 587 Å². The summed E-state index contributed by atoms with van der Waals surface area (Å²) < 4.78 is 22.9. The van der Waals surface area contributed by atoms with E-state index in [1.165, 1.54) is 238 Å². The monoisotopic (exact) mass is 1330 g/mol. The van der Waals surface area contributed by atoms with Gasteiger partial charge in [0.25, 0.3) is 0 Å². The van der Waals surface area contributed by atoms with Crippen molar-refractivity contribution in [3.8, 4) is 0 Å². The lowest BCUT2D eigenvalue weighted by Gasteiger charge is -2.26. The van der Waals surface area contributed by atoms with Gasteiger partial charge in [0.05, 0.1) is 40.3 Å². The molecule has 2 unspecified atom stereocenters. The zero-order valence-electron chi connectivity index (χ0n) is 62.8. The zero-order chi connectivity index (χ0) is 69.0. The molecule has 0 fully saturated rings. The average Bonchev–Trinajstić information content (AvgIpc) is 3.75. The van der Waals surface area contributed by atoms with Crippen LogP contribution in [0.5, 0.6) is 0 Å². The van der Waals surface area contributed by atoms with Crippen molar-refractivity contribution in [1.82, 2.24) is 0 Å². The normalized spacial score (nSPS) is 13.2. The van der Waals surface area contributed by atoms with Crippen LogP contribution in [0.15, 0.2) is 109 Å². The highest BCUT2D eigenvalue weighted by molar-refractivity contribution is 5.70. The number of aliphatic carboxylic acids is 1. The number of ether oxygens (including phenoxy) is 4. The summed E-state index contributed by atoms with van der Waals surface area (Å²) in [5, 5.41) is 11.9. The number of carbonyl (C=O) groups excluding carboxylic acids is 3. The second kappa shape index (κ2) is 75.7. The first-order valence-electron chi connectivity index (χ1n) is 40.0. The van der Waals surface area contributed by atoms with Crippen LogP contribution in [0.4, 0.5) is 0 Å². The van der Waals surface area contributed by atoms with Gasteiger partial charge >= 0.3 is 11.9 Å². The molecule has 0 aliphatic rings. The highest BCUT2D eigenvalue weighted by Gasteiger charge is 2.22. The van der Waals surface area contributed by atoms with E-state index in [0.29, 0.717) is 23.9 Å². The molecule has 0 saturated heterocycles. The molecule has 9 nitrogen and oxygen atoms in total. The maximum atomic E-state index is 13.0. The molecule has 0 aliphatic heterocycles. The Morgan fingerprint density at radius 1 is 0.326 bits per heavy atom. The Balaban J connectivity index is 4.03. The number of carboxylic acids is 1. The number of carbonyl (C=O) groups is 3. The summed E-state index contributed by atoms with van der Waals surface area (Å²) in [6.45, 7) is 4.67. The van der Waals surface area contributed by atoms with E-state index in [1.807, 2.05) is 21.1 Å². The van der Waals surface area contributed by atoms with E-state index in [9.17, 15) is 19.5 Å². The Morgan fingerprint density at radius 3 is 0.895 bits per heavy atom. The van der Waals surface area contributed by atoms with Gasteiger partial charge in [-0.3, -0.25) is 9.59 Å². The lowest BCUT2D eigenvalue weighted by atomic mass is 10.0. The smallest absolute Gasteiger partial charge is 0.306 e. The molecule has 95 heavy (non-hydrogen) atoms. The number of nitrogens with zero attached hydrogens (tertiary/aromatic N) is 1. The molecule has 0 bridgehead atoms. The Morgan fingerprint density at radius 2 is 0.600 bits per heavy atom. The van der Waals surface area contributed by atoms with Gasteiger partial charge in [-0.25, -0.2) is 0 Å². The first-order chi connectivity index (χ1) is 46.6. The van der Waals surface area contributed by atoms with Gasteiger partial charge in [0, 0.05) is 12.8 Å². The summed E-state index contributed by atoms with van der Waals surface area (Å²) in [6, 6.07) is 0. The van der Waals surface area contributed by atoms with Crippen LogP contribution in [0.3, 0.4) is 0 Å². The second-order valence-electron chi connectivity index (χ2n) is 28.0. The topological polar surface area (TPSA) is 111 Å². The van der Waals surface area contributed by atoms with Crippen LogP contribution in [-0.2, 0) is 33.3 Å². The van der Waals surface area contributed by atoms with Crippen molar-refractivity contribution in [1.29, 1.82) is 0 Å². The standard InChI is InChI=1S/C86H151NO8/c1-6-8-10-12-14-16-18-20-22-24-26-28-30-32-34-36-38-40-41-42-43-45-47-49-51-53-55-57-59-61-63-65-67-69-71-73-75-77-84(89)95-82(81-94-86(85(90)91)92-79-78-87(3,4)5)80-93-83(88)76-74-72-70-68-66-64-62-60-58-56-54-52-50-48-46-44-39-37-35-33-31-29-27-25-23-21-19-17-15-13-11-9-7-2/h8,10,14,16,19-22,25-28,32,34,38,40,42-43,82,86H,6-7,9,11-13,15,17-18,23-24,29-31,33,35-37,39,41,44-81H2,1-5H3/b10-8-,16-14-,21-19-,22-20-,27-25-,28-26-,34-32-,40-38-,43-42-. The third kappa shape index (κ3) is 77.2. The molecule has 0 N–H and O–H groups in total. The maximum Gasteiger partial charge on any atom is 0.306 e. The van der Waals surface area contributed by atoms with E-state index in [1.54, 1.807) is 0 Å². The van der Waals surface area contributed by atoms with Gasteiger partial charge in [-0.2, -0.15) is 0 Å². The van der Waals surface area contributed by atoms with E-state index in [4.69, 9.17) is 18.9 Å². The molecule has 548 valence electrons. The number of allylic oxidation sites excluding steroid dienone is 18. The Kier molecular flexibility index (Phi) is 72.5. The van der Waals surface area contributed by atoms with Gasteiger partial charge in [-0.15, -0.1) is 0 Å². The first kappa shape index (κ1) is 91.0. The quantitative estimate of drug-likeness (QED) is 0.0195. The highest BCUT2D eigenvalue weighted by Crippen LogP contribution is 2.19. The van der Waals surface area contributed by atoms with Crippen LogP contribution in [0.25, 0.3) is 0 Å². The number of likely N-dealkylation sites (N-methyl/N-ethyl adjacent to an activating group) is 1. The summed E-state index contributed by atoms with van der Waals surface area (Å²) in [7, 11) is 5.94. The lowest BCUT2D eigenvalue weighted by molar-refractivity contribution is -0.870. The molecule has 0 saturated carbocycles. The molecule has 0 radical (unpaired) electrons. The molecule has 2 atom stereocenters. The molecule has 0 aromatic heterocycles. The SMILES string of the molecule is CC/C=C\C/C=C\C/C=C\C/C=C\C/C=C\C/C=C\C/C=C\CCCCCCCCCCCCCCCCCC(=O)OC(COC(=O)CCCCCCCCCCCCCCCCCCCCCCC/C=C\C/C=C\CCCCCCC)COC(OCC[N+](C)(C)C)C(=O)[O-]. The number of hydrogen-bond acceptors (Lipinski definition) is 8. The van der Waals surface area contributed by atoms with Gasteiger partial charge in [0.15, 0.2) is 12.4 Å². The van der Waals surface area contributed by atoms with Gasteiger partial charge in [0.1, 0.15) is 13.2 Å². The number of quaternary nitrogens is 1. The van der Waals surface area contributed by atoms with Crippen molar-refractivity contribution < 1.29 is 42.9 Å². The first-order valence-corrected chi connectivity index (χ1v) is 40.0. The van der Waals surface area contributed by atoms with Crippen molar-refractivity contribution in [2.75, 3.05) is 47.5 Å². The van der Waals surface area contributed by atoms with Gasteiger partial charge in [0.2, 0.25) is 0 Å². The lowest BCUT2D eigenvalue weighted by Crippen LogP contribution is -2.44. The molecule has 0 aromatic rings. The third-order valence-corrected chi connectivity index (χ3v) is 17.5. The minimum atomic E-state index is -1.63. The summed E-state index contributed by atoms with van der Waals surface area (Å²) in [4.78, 5) is 37.6. The molecular weight excluding hydrogens is 1170 g/mol. The molecule has 0 heterocycles. The van der Waals surface area contributed by atoms with Crippen LogP contribution in [0.2, 0.25) is 0 Å². The van der Waals surface area contributed by atoms with Crippen LogP contribution >= 0.6 is 0 Å². The van der Waals surface area contributed by atoms with Crippen molar-refractivity contribution in [3.05, 3.63) is 109 Å². The fourth-order valence-corrected chi connectivity index (χ4v) is 11.4. The van der Waals surface area contributed by atoms with E-state index in [2.05, 4.69) is 123 Å². The van der Waals surface area contributed by atoms with Crippen LogP contribution < -0.4 is 5.11 Å². The molecule has 0 aliphatic carbocycles. The zero-order valence-corrected chi connectivity index (χ0v) is 62.8. The molecule has 0 spiro atoms. The predicted octanol–water partition coefficient (Wildman–Crippen LogP) is 24.4. The third-order valence-electron chi connectivity index (χ3n) is 17.5. The summed E-state index contributed by atoms with van der Waals surface area (Å²) in [5.41, 5.74) is 0. The summed E-state index contributed by atoms with van der Waals surface area (Å²) in [6.07, 6.45) is 103. The largest absolute Gasteiger partial charge is 0.545 e. The molecular formula is C86H151NO8. The van der Waals surface area contributed by atoms with Crippen LogP contribution in [0.1, 0.15) is 361 Å². The predicted molar refractivity (Wildman–Crippen MR) is 407 cm³/mol. The summed E-state index contributed by atoms with van der Waals surface area (Å²) >= 11 is 0. The van der Waals surface area contributed by atoms with Gasteiger partial charge in [-0.05, 0) is 103 Å². The fourth-order valence-electron chi connectivity index (χ4n) is 11.4. The minimum Gasteiger partial charge on any atom is -0.545 e. The van der Waals surface area contributed by atoms with Crippen LogP contribution in [-0.4, -0.2) is 82.3 Å². The van der Waals surface area contributed by atoms with Crippen molar-refractivity contribution in [3.63, 3.8) is 0 Å². The van der Waals surface area contributed by atoms with E-state index >= 15 is 0 Å². The van der Waals surface area contributed by atoms with Crippen molar-refractivity contribution in [2.24, 2.45) is 0 Å².